The number of nitrogens with zero attached hydrogens (tertiary/aromatic N) is 2. The van der Waals surface area contributed by atoms with Crippen LogP contribution in [0.1, 0.15) is 28.7 Å². The van der Waals surface area contributed by atoms with Crippen molar-refractivity contribution >= 4 is 28.4 Å². The van der Waals surface area contributed by atoms with Gasteiger partial charge in [0.05, 0.1) is 25.3 Å². The molecule has 7 heteroatoms. The zero-order valence-electron chi connectivity index (χ0n) is 11.4. The van der Waals surface area contributed by atoms with Gasteiger partial charge in [0.15, 0.2) is 5.13 Å². The summed E-state index contributed by atoms with van der Waals surface area (Å²) in [5, 5.41) is 9.26. The second-order valence-corrected chi connectivity index (χ2v) is 4.88. The van der Waals surface area contributed by atoms with Gasteiger partial charge in [-0.3, -0.25) is 4.79 Å². The standard InChI is InChI=1S/C13H16N2O4S/c1-4-7-15(8-6-10(16)17)13-14-9(3)11(20-13)12(18)19-5-2/h1H,5-8H2,2-3H3,(H,16,17). The zero-order chi connectivity index (χ0) is 15.1. The molecule has 0 amide bonds. The summed E-state index contributed by atoms with van der Waals surface area (Å²) in [5.41, 5.74) is 0.556. The number of esters is 1. The van der Waals surface area contributed by atoms with Gasteiger partial charge in [-0.05, 0) is 13.8 Å². The van der Waals surface area contributed by atoms with E-state index in [1.54, 1.807) is 18.7 Å². The molecule has 0 fully saturated rings. The molecule has 0 unspecified atom stereocenters. The molecule has 0 aliphatic rings. The van der Waals surface area contributed by atoms with Crippen LogP contribution in [0.25, 0.3) is 0 Å². The maximum Gasteiger partial charge on any atom is 0.350 e. The van der Waals surface area contributed by atoms with Crippen molar-refractivity contribution < 1.29 is 19.4 Å². The van der Waals surface area contributed by atoms with Crippen molar-refractivity contribution in [2.75, 3.05) is 24.6 Å². The van der Waals surface area contributed by atoms with E-state index in [1.165, 1.54) is 0 Å². The Morgan fingerprint density at radius 1 is 1.55 bits per heavy atom. The summed E-state index contributed by atoms with van der Waals surface area (Å²) in [7, 11) is 0. The number of hydrogen-bond donors (Lipinski definition) is 1. The van der Waals surface area contributed by atoms with Crippen LogP contribution in [0.4, 0.5) is 5.13 Å². The number of rotatable bonds is 7. The molecule has 1 aromatic heterocycles. The molecule has 0 saturated carbocycles. The van der Waals surface area contributed by atoms with Crippen LogP contribution < -0.4 is 4.90 Å². The quantitative estimate of drug-likeness (QED) is 0.607. The number of carbonyl (C=O) groups is 2. The minimum absolute atomic E-state index is 0.0466. The Morgan fingerprint density at radius 3 is 2.80 bits per heavy atom. The van der Waals surface area contributed by atoms with Crippen LogP contribution in [0, 0.1) is 19.3 Å². The minimum atomic E-state index is -0.911. The fourth-order valence-corrected chi connectivity index (χ4v) is 2.47. The van der Waals surface area contributed by atoms with Crippen LogP contribution in [0.3, 0.4) is 0 Å². The number of thiazole rings is 1. The highest BCUT2D eigenvalue weighted by molar-refractivity contribution is 7.17. The lowest BCUT2D eigenvalue weighted by Crippen LogP contribution is -2.26. The molecule has 108 valence electrons. The molecule has 20 heavy (non-hydrogen) atoms. The molecular weight excluding hydrogens is 280 g/mol. The predicted molar refractivity (Wildman–Crippen MR) is 76.1 cm³/mol. The molecule has 6 nitrogen and oxygen atoms in total. The Labute approximate surface area is 121 Å². The van der Waals surface area contributed by atoms with Gasteiger partial charge in [-0.2, -0.15) is 0 Å². The third-order valence-electron chi connectivity index (χ3n) is 2.39. The predicted octanol–water partition coefficient (Wildman–Crippen LogP) is 1.54. The lowest BCUT2D eigenvalue weighted by atomic mass is 10.4. The van der Waals surface area contributed by atoms with Gasteiger partial charge in [-0.1, -0.05) is 17.3 Å². The third-order valence-corrected chi connectivity index (χ3v) is 3.59. The van der Waals surface area contributed by atoms with Crippen molar-refractivity contribution in [3.8, 4) is 12.3 Å². The second-order valence-electron chi connectivity index (χ2n) is 3.90. The molecular formula is C13H16N2O4S. The van der Waals surface area contributed by atoms with E-state index in [9.17, 15) is 9.59 Å². The molecule has 0 spiro atoms. The van der Waals surface area contributed by atoms with E-state index in [0.29, 0.717) is 22.3 Å². The van der Waals surface area contributed by atoms with E-state index in [1.807, 2.05) is 0 Å². The summed E-state index contributed by atoms with van der Waals surface area (Å²) in [4.78, 5) is 28.7. The van der Waals surface area contributed by atoms with Gasteiger partial charge >= 0.3 is 11.9 Å². The average Bonchev–Trinajstić information content (AvgIpc) is 2.76. The Kier molecular flexibility index (Phi) is 6.00. The molecule has 0 aromatic carbocycles. The first-order valence-electron chi connectivity index (χ1n) is 6.04. The molecule has 0 radical (unpaired) electrons. The Bertz CT molecular complexity index is 533. The molecule has 1 rings (SSSR count). The minimum Gasteiger partial charge on any atom is -0.481 e. The molecule has 0 bridgehead atoms. The van der Waals surface area contributed by atoms with Crippen LogP contribution in [0.2, 0.25) is 0 Å². The maximum atomic E-state index is 11.7. The van der Waals surface area contributed by atoms with Crippen molar-refractivity contribution in [1.82, 2.24) is 4.98 Å². The molecule has 0 saturated heterocycles. The SMILES string of the molecule is C#CCN(CCC(=O)O)c1nc(C)c(C(=O)OCC)s1. The van der Waals surface area contributed by atoms with Crippen molar-refractivity contribution in [2.24, 2.45) is 0 Å². The summed E-state index contributed by atoms with van der Waals surface area (Å²) in [6.07, 6.45) is 5.23. The number of aliphatic carboxylic acids is 1. The van der Waals surface area contributed by atoms with Crippen molar-refractivity contribution in [1.29, 1.82) is 0 Å². The number of carboxylic acids is 1. The van der Waals surface area contributed by atoms with Gasteiger partial charge in [-0.15, -0.1) is 6.42 Å². The largest absolute Gasteiger partial charge is 0.481 e. The van der Waals surface area contributed by atoms with E-state index < -0.39 is 11.9 Å². The highest BCUT2D eigenvalue weighted by atomic mass is 32.1. The smallest absolute Gasteiger partial charge is 0.350 e. The number of carboxylic acid groups (broad SMARTS) is 1. The number of aryl methyl sites for hydroxylation is 1. The zero-order valence-corrected chi connectivity index (χ0v) is 12.2. The molecule has 1 N–H and O–H groups in total. The fourth-order valence-electron chi connectivity index (χ4n) is 1.49. The Balaban J connectivity index is 2.92. The van der Waals surface area contributed by atoms with E-state index in [4.69, 9.17) is 16.3 Å². The van der Waals surface area contributed by atoms with E-state index >= 15 is 0 Å². The molecule has 1 heterocycles. The van der Waals surface area contributed by atoms with Gasteiger partial charge in [0.25, 0.3) is 0 Å². The van der Waals surface area contributed by atoms with Crippen LogP contribution in [-0.2, 0) is 9.53 Å². The van der Waals surface area contributed by atoms with Crippen LogP contribution in [0.15, 0.2) is 0 Å². The summed E-state index contributed by atoms with van der Waals surface area (Å²) >= 11 is 1.16. The van der Waals surface area contributed by atoms with Gasteiger partial charge in [0.1, 0.15) is 4.88 Å². The number of ether oxygens (including phenoxy) is 1. The van der Waals surface area contributed by atoms with Crippen LogP contribution in [0.5, 0.6) is 0 Å². The van der Waals surface area contributed by atoms with E-state index in [2.05, 4.69) is 10.9 Å². The first-order valence-corrected chi connectivity index (χ1v) is 6.86. The summed E-state index contributed by atoms with van der Waals surface area (Å²) in [6, 6.07) is 0. The number of hydrogen-bond acceptors (Lipinski definition) is 6. The average molecular weight is 296 g/mol. The third kappa shape index (κ3) is 4.24. The van der Waals surface area contributed by atoms with E-state index in [-0.39, 0.29) is 19.5 Å². The highest BCUT2D eigenvalue weighted by Gasteiger charge is 2.19. The molecule has 1 aromatic rings. The lowest BCUT2D eigenvalue weighted by Gasteiger charge is -2.17. The summed E-state index contributed by atoms with van der Waals surface area (Å²) in [5.74, 6) is 1.12. The van der Waals surface area contributed by atoms with Crippen LogP contribution in [-0.4, -0.2) is 41.7 Å². The lowest BCUT2D eigenvalue weighted by molar-refractivity contribution is -0.136. The number of aromatic nitrogens is 1. The van der Waals surface area contributed by atoms with Gasteiger partial charge in [0, 0.05) is 6.54 Å². The number of anilines is 1. The summed E-state index contributed by atoms with van der Waals surface area (Å²) < 4.78 is 4.94. The Morgan fingerprint density at radius 2 is 2.25 bits per heavy atom. The van der Waals surface area contributed by atoms with Crippen molar-refractivity contribution in [3.63, 3.8) is 0 Å². The molecule has 0 aliphatic heterocycles. The highest BCUT2D eigenvalue weighted by Crippen LogP contribution is 2.26. The van der Waals surface area contributed by atoms with Crippen molar-refractivity contribution in [2.45, 2.75) is 20.3 Å². The first kappa shape index (κ1) is 16.0. The van der Waals surface area contributed by atoms with Crippen molar-refractivity contribution in [3.05, 3.63) is 10.6 Å². The Hall–Kier alpha value is -2.07. The van der Waals surface area contributed by atoms with Gasteiger partial charge in [0.2, 0.25) is 0 Å². The first-order chi connectivity index (χ1) is 9.49. The van der Waals surface area contributed by atoms with Crippen LogP contribution >= 0.6 is 11.3 Å². The van der Waals surface area contributed by atoms with E-state index in [0.717, 1.165) is 11.3 Å². The second kappa shape index (κ2) is 7.50. The number of carbonyl (C=O) groups excluding carboxylic acids is 1. The monoisotopic (exact) mass is 296 g/mol. The maximum absolute atomic E-state index is 11.7. The van der Waals surface area contributed by atoms with Gasteiger partial charge < -0.3 is 14.7 Å². The number of terminal acetylenes is 1. The fraction of sp³-hybridized carbons (Fsp3) is 0.462. The van der Waals surface area contributed by atoms with Gasteiger partial charge in [-0.25, -0.2) is 9.78 Å². The molecule has 0 atom stereocenters. The topological polar surface area (TPSA) is 79.7 Å². The molecule has 0 aliphatic carbocycles. The summed E-state index contributed by atoms with van der Waals surface area (Å²) in [6.45, 7) is 4.21. The normalized spacial score (nSPS) is 9.85.